The van der Waals surface area contributed by atoms with E-state index in [2.05, 4.69) is 36.1 Å². The molecule has 1 N–H and O–H groups in total. The summed E-state index contributed by atoms with van der Waals surface area (Å²) in [6, 6.07) is 4.08. The standard InChI is InChI=1S/C19H22F2N4O.C7H13NO.C6H12.C2H6/c1-5-6-7-14(20)17-12(2)22-11-23-18(17)24-16-9-8-13(10-15(16)21)19(26)25(3)4;1-7-2-4-8(6-9)5-3-7;1-5(2)6-3-4-6;1-2/h7-11H,5-6H2,1-4H3,(H,22,23,24);6-7H,2-5H2,1H3;5-6H,3-4H2,1-2H3;1-2H3/b14-7+;;;. The molecule has 0 unspecified atom stereocenters. The Balaban J connectivity index is 0.000000438. The van der Waals surface area contributed by atoms with Gasteiger partial charge in [-0.1, -0.05) is 48.0 Å². The van der Waals surface area contributed by atoms with Gasteiger partial charge in [-0.15, -0.1) is 0 Å². The van der Waals surface area contributed by atoms with Crippen molar-refractivity contribution in [2.45, 2.75) is 87.0 Å². The molecule has 1 aliphatic heterocycles. The number of aryl methyl sites for hydroxylation is 1. The third kappa shape index (κ3) is 13.2. The van der Waals surface area contributed by atoms with Crippen molar-refractivity contribution in [2.75, 3.05) is 32.5 Å². The van der Waals surface area contributed by atoms with Crippen LogP contribution in [0.3, 0.4) is 0 Å². The van der Waals surface area contributed by atoms with Gasteiger partial charge in [0.1, 0.15) is 23.8 Å². The lowest BCUT2D eigenvalue weighted by atomic mass is 10.00. The molecule has 1 saturated carbocycles. The molecule has 2 fully saturated rings. The normalized spacial score (nSPS) is 14.8. The van der Waals surface area contributed by atoms with Gasteiger partial charge in [0.2, 0.25) is 6.41 Å². The fourth-order valence-electron chi connectivity index (χ4n) is 4.26. The first-order chi connectivity index (χ1) is 20.5. The maximum Gasteiger partial charge on any atom is 0.253 e. The second-order valence-electron chi connectivity index (χ2n) is 11.4. The molecule has 0 radical (unpaired) electrons. The summed E-state index contributed by atoms with van der Waals surface area (Å²) in [7, 11) is 3.18. The Hall–Kier alpha value is -3.36. The Morgan fingerprint density at radius 1 is 1.14 bits per heavy atom. The quantitative estimate of drug-likeness (QED) is 0.307. The van der Waals surface area contributed by atoms with Crippen LogP contribution in [0.25, 0.3) is 5.83 Å². The van der Waals surface area contributed by atoms with Crippen LogP contribution >= 0.6 is 0 Å². The van der Waals surface area contributed by atoms with E-state index in [1.807, 2.05) is 25.7 Å². The number of benzene rings is 1. The molecule has 2 heterocycles. The zero-order chi connectivity index (χ0) is 32.5. The molecule has 9 heteroatoms. The zero-order valence-corrected chi connectivity index (χ0v) is 27.7. The molecule has 1 aromatic heterocycles. The van der Waals surface area contributed by atoms with Crippen LogP contribution in [0.1, 0.15) is 102 Å². The number of nitrogens with one attached hydrogen (secondary N) is 1. The van der Waals surface area contributed by atoms with Crippen LogP contribution in [0.4, 0.5) is 20.3 Å². The number of aromatic nitrogens is 2. The molecule has 7 nitrogen and oxygen atoms in total. The number of carbonyl (C=O) groups is 2. The molecule has 2 amide bonds. The highest BCUT2D eigenvalue weighted by atomic mass is 19.1. The second kappa shape index (κ2) is 19.8. The fourth-order valence-corrected chi connectivity index (χ4v) is 4.26. The lowest BCUT2D eigenvalue weighted by molar-refractivity contribution is -0.119. The van der Waals surface area contributed by atoms with E-state index in [1.54, 1.807) is 21.0 Å². The van der Waals surface area contributed by atoms with Crippen molar-refractivity contribution in [1.29, 1.82) is 0 Å². The van der Waals surface area contributed by atoms with Gasteiger partial charge in [0, 0.05) is 32.7 Å². The van der Waals surface area contributed by atoms with E-state index >= 15 is 0 Å². The maximum absolute atomic E-state index is 14.5. The van der Waals surface area contributed by atoms with Crippen LogP contribution in [-0.2, 0) is 4.79 Å². The van der Waals surface area contributed by atoms with Crippen molar-refractivity contribution in [2.24, 2.45) is 17.8 Å². The number of carbonyl (C=O) groups excluding carboxylic acids is 2. The lowest BCUT2D eigenvalue weighted by Crippen LogP contribution is -2.31. The maximum atomic E-state index is 14.5. The summed E-state index contributed by atoms with van der Waals surface area (Å²) < 4.78 is 28.9. The van der Waals surface area contributed by atoms with E-state index in [9.17, 15) is 18.4 Å². The minimum absolute atomic E-state index is 0.1000. The van der Waals surface area contributed by atoms with Gasteiger partial charge in [-0.05, 0) is 81.1 Å². The predicted molar refractivity (Wildman–Crippen MR) is 173 cm³/mol. The van der Waals surface area contributed by atoms with Gasteiger partial charge >= 0.3 is 0 Å². The number of nitrogens with zero attached hydrogens (tertiary/aromatic N) is 4. The van der Waals surface area contributed by atoms with Crippen molar-refractivity contribution in [3.63, 3.8) is 0 Å². The van der Waals surface area contributed by atoms with E-state index in [4.69, 9.17) is 0 Å². The Bertz CT molecular complexity index is 1160. The van der Waals surface area contributed by atoms with Crippen LogP contribution in [0.5, 0.6) is 0 Å². The smallest absolute Gasteiger partial charge is 0.253 e. The minimum atomic E-state index is -0.627. The lowest BCUT2D eigenvalue weighted by Gasteiger charge is -2.26. The third-order valence-corrected chi connectivity index (χ3v) is 7.30. The predicted octanol–water partition coefficient (Wildman–Crippen LogP) is 8.43. The van der Waals surface area contributed by atoms with Crippen molar-refractivity contribution in [3.05, 3.63) is 53.2 Å². The topological polar surface area (TPSA) is 78.4 Å². The number of amides is 2. The number of piperidine rings is 1. The molecule has 0 atom stereocenters. The van der Waals surface area contributed by atoms with Gasteiger partial charge in [-0.3, -0.25) is 9.59 Å². The summed E-state index contributed by atoms with van der Waals surface area (Å²) in [4.78, 5) is 33.4. The SMILES string of the molecule is CC.CC(C)C1CC1.CC1CCN(C=O)CC1.CCC/C=C(/F)c1c(C)ncnc1Nc1ccc(C(=O)N(C)C)cc1F. The Morgan fingerprint density at radius 3 is 2.23 bits per heavy atom. The Morgan fingerprint density at radius 2 is 1.77 bits per heavy atom. The van der Waals surface area contributed by atoms with Gasteiger partial charge in [-0.25, -0.2) is 18.7 Å². The second-order valence-corrected chi connectivity index (χ2v) is 11.4. The van der Waals surface area contributed by atoms with Crippen LogP contribution in [-0.4, -0.2) is 59.3 Å². The van der Waals surface area contributed by atoms with Crippen LogP contribution in [0.2, 0.25) is 0 Å². The van der Waals surface area contributed by atoms with Gasteiger partial charge in [0.15, 0.2) is 0 Å². The molecular formula is C34H53F2N5O2. The number of hydrogen-bond acceptors (Lipinski definition) is 5. The summed E-state index contributed by atoms with van der Waals surface area (Å²) in [5, 5.41) is 2.80. The van der Waals surface area contributed by atoms with Crippen molar-refractivity contribution < 1.29 is 18.4 Å². The monoisotopic (exact) mass is 601 g/mol. The molecule has 240 valence electrons. The van der Waals surface area contributed by atoms with E-state index < -0.39 is 11.6 Å². The summed E-state index contributed by atoms with van der Waals surface area (Å²) in [6.07, 6.45) is 10.4. The summed E-state index contributed by atoms with van der Waals surface area (Å²) in [5.41, 5.74) is 0.982. The highest BCUT2D eigenvalue weighted by Crippen LogP contribution is 2.35. The largest absolute Gasteiger partial charge is 0.345 e. The molecule has 1 aliphatic carbocycles. The third-order valence-electron chi connectivity index (χ3n) is 7.30. The highest BCUT2D eigenvalue weighted by molar-refractivity contribution is 5.94. The minimum Gasteiger partial charge on any atom is -0.345 e. The first-order valence-electron chi connectivity index (χ1n) is 15.6. The summed E-state index contributed by atoms with van der Waals surface area (Å²) >= 11 is 0. The van der Waals surface area contributed by atoms with E-state index in [-0.39, 0.29) is 28.5 Å². The average molecular weight is 602 g/mol. The van der Waals surface area contributed by atoms with Crippen LogP contribution in [0.15, 0.2) is 30.6 Å². The number of likely N-dealkylation sites (tertiary alicyclic amines) is 1. The molecule has 43 heavy (non-hydrogen) atoms. The van der Waals surface area contributed by atoms with Crippen molar-refractivity contribution in [1.82, 2.24) is 19.8 Å². The molecule has 0 bridgehead atoms. The first kappa shape index (κ1) is 37.7. The van der Waals surface area contributed by atoms with E-state index in [0.29, 0.717) is 12.1 Å². The average Bonchev–Trinajstić information content (AvgIpc) is 3.85. The summed E-state index contributed by atoms with van der Waals surface area (Å²) in [6.45, 7) is 16.4. The fraction of sp³-hybridized carbons (Fsp3) is 0.588. The highest BCUT2D eigenvalue weighted by Gasteiger charge is 2.24. The molecular weight excluding hydrogens is 548 g/mol. The van der Waals surface area contributed by atoms with E-state index in [0.717, 1.165) is 49.7 Å². The number of halogens is 2. The number of rotatable bonds is 8. The molecule has 2 aliphatic rings. The van der Waals surface area contributed by atoms with Crippen LogP contribution < -0.4 is 5.32 Å². The van der Waals surface area contributed by atoms with Gasteiger partial charge in [0.05, 0.1) is 16.9 Å². The van der Waals surface area contributed by atoms with Gasteiger partial charge < -0.3 is 15.1 Å². The van der Waals surface area contributed by atoms with Gasteiger partial charge in [-0.2, -0.15) is 0 Å². The van der Waals surface area contributed by atoms with Crippen molar-refractivity contribution >= 4 is 29.6 Å². The zero-order valence-electron chi connectivity index (χ0n) is 27.7. The number of unbranched alkanes of at least 4 members (excludes halogenated alkanes) is 1. The molecule has 2 aromatic rings. The van der Waals surface area contributed by atoms with Crippen molar-refractivity contribution in [3.8, 4) is 0 Å². The van der Waals surface area contributed by atoms with Gasteiger partial charge in [0.25, 0.3) is 5.91 Å². The first-order valence-corrected chi connectivity index (χ1v) is 15.6. The number of allylic oxidation sites excluding steroid dienone is 1. The molecule has 0 spiro atoms. The summed E-state index contributed by atoms with van der Waals surface area (Å²) in [5.74, 6) is 1.68. The molecule has 4 rings (SSSR count). The number of hydrogen-bond donors (Lipinski definition) is 1. The Labute approximate surface area is 258 Å². The molecule has 1 aromatic carbocycles. The number of anilines is 2. The Kier molecular flexibility index (Phi) is 17.3. The van der Waals surface area contributed by atoms with Crippen LogP contribution in [0, 0.1) is 30.5 Å². The molecule has 1 saturated heterocycles. The van der Waals surface area contributed by atoms with E-state index in [1.165, 1.54) is 55.1 Å².